The fourth-order valence-corrected chi connectivity index (χ4v) is 3.95. The van der Waals surface area contributed by atoms with Crippen LogP contribution in [0.15, 0.2) is 12.4 Å². The number of fused-ring (bicyclic) bond motifs is 1. The molecule has 0 aromatic carbocycles. The molecule has 6 nitrogen and oxygen atoms in total. The lowest BCUT2D eigenvalue weighted by atomic mass is 9.84. The summed E-state index contributed by atoms with van der Waals surface area (Å²) < 4.78 is 11.6. The highest BCUT2D eigenvalue weighted by Crippen LogP contribution is 2.35. The number of anilines is 1. The molecule has 4 heterocycles. The average molecular weight is 328 g/mol. The van der Waals surface area contributed by atoms with Crippen LogP contribution in [0.2, 0.25) is 0 Å². The third-order valence-electron chi connectivity index (χ3n) is 5.17. The Kier molecular flexibility index (Phi) is 4.10. The van der Waals surface area contributed by atoms with E-state index in [1.807, 2.05) is 6.92 Å². The molecule has 2 aromatic rings. The highest BCUT2D eigenvalue weighted by molar-refractivity contribution is 5.89. The molecular formula is C18H24N4O2. The molecule has 24 heavy (non-hydrogen) atoms. The van der Waals surface area contributed by atoms with E-state index in [0.717, 1.165) is 73.6 Å². The molecule has 2 aromatic heterocycles. The Morgan fingerprint density at radius 3 is 2.83 bits per heavy atom. The van der Waals surface area contributed by atoms with Gasteiger partial charge in [-0.25, -0.2) is 15.0 Å². The second kappa shape index (κ2) is 6.26. The van der Waals surface area contributed by atoms with Crippen LogP contribution in [0.1, 0.15) is 36.9 Å². The van der Waals surface area contributed by atoms with Crippen molar-refractivity contribution in [1.82, 2.24) is 15.0 Å². The van der Waals surface area contributed by atoms with Crippen LogP contribution in [0, 0.1) is 13.8 Å². The van der Waals surface area contributed by atoms with Crippen LogP contribution < -0.4 is 5.32 Å². The number of ether oxygens (including phenoxy) is 2. The Hall–Kier alpha value is -1.79. The molecule has 0 aliphatic carbocycles. The van der Waals surface area contributed by atoms with E-state index in [-0.39, 0.29) is 5.60 Å². The lowest BCUT2D eigenvalue weighted by Gasteiger charge is -2.43. The largest absolute Gasteiger partial charge is 0.381 e. The van der Waals surface area contributed by atoms with Gasteiger partial charge in [0.25, 0.3) is 0 Å². The Morgan fingerprint density at radius 1 is 1.17 bits per heavy atom. The van der Waals surface area contributed by atoms with E-state index in [4.69, 9.17) is 9.47 Å². The first kappa shape index (κ1) is 15.7. The zero-order valence-corrected chi connectivity index (χ0v) is 14.3. The van der Waals surface area contributed by atoms with Crippen molar-refractivity contribution >= 4 is 16.9 Å². The summed E-state index contributed by atoms with van der Waals surface area (Å²) >= 11 is 0. The van der Waals surface area contributed by atoms with E-state index >= 15 is 0 Å². The summed E-state index contributed by atoms with van der Waals surface area (Å²) in [6, 6.07) is 2.44. The van der Waals surface area contributed by atoms with Gasteiger partial charge in [-0.1, -0.05) is 0 Å². The van der Waals surface area contributed by atoms with Crippen molar-refractivity contribution in [2.45, 2.75) is 51.2 Å². The lowest BCUT2D eigenvalue weighted by molar-refractivity contribution is -0.135. The van der Waals surface area contributed by atoms with Crippen molar-refractivity contribution in [3.8, 4) is 0 Å². The molecule has 0 saturated carbocycles. The quantitative estimate of drug-likeness (QED) is 0.914. The van der Waals surface area contributed by atoms with Crippen LogP contribution in [0.25, 0.3) is 11.0 Å². The van der Waals surface area contributed by atoms with Crippen molar-refractivity contribution in [3.63, 3.8) is 0 Å². The summed E-state index contributed by atoms with van der Waals surface area (Å²) in [4.78, 5) is 13.4. The predicted octanol–water partition coefficient (Wildman–Crippen LogP) is 2.78. The smallest absolute Gasteiger partial charge is 0.165 e. The number of hydrogen-bond acceptors (Lipinski definition) is 6. The molecule has 1 atom stereocenters. The van der Waals surface area contributed by atoms with E-state index < -0.39 is 0 Å². The van der Waals surface area contributed by atoms with Gasteiger partial charge in [0.05, 0.1) is 11.0 Å². The highest BCUT2D eigenvalue weighted by Gasteiger charge is 2.39. The first-order valence-electron chi connectivity index (χ1n) is 8.72. The van der Waals surface area contributed by atoms with E-state index in [2.05, 4.69) is 33.3 Å². The van der Waals surface area contributed by atoms with Crippen LogP contribution in [-0.4, -0.2) is 46.4 Å². The van der Waals surface area contributed by atoms with Gasteiger partial charge in [0, 0.05) is 31.6 Å². The number of hydrogen-bond donors (Lipinski definition) is 1. The molecule has 4 rings (SSSR count). The lowest BCUT2D eigenvalue weighted by Crippen LogP contribution is -2.47. The minimum absolute atomic E-state index is 0.0269. The molecule has 1 N–H and O–H groups in total. The van der Waals surface area contributed by atoms with Gasteiger partial charge < -0.3 is 14.8 Å². The van der Waals surface area contributed by atoms with Crippen molar-refractivity contribution in [1.29, 1.82) is 0 Å². The summed E-state index contributed by atoms with van der Waals surface area (Å²) in [5.41, 5.74) is 2.88. The maximum Gasteiger partial charge on any atom is 0.165 e. The summed E-state index contributed by atoms with van der Waals surface area (Å²) in [6.07, 6.45) is 5.55. The maximum atomic E-state index is 6.14. The number of rotatable bonds is 2. The first-order chi connectivity index (χ1) is 11.7. The molecule has 2 fully saturated rings. The van der Waals surface area contributed by atoms with Crippen molar-refractivity contribution < 1.29 is 9.47 Å². The summed E-state index contributed by atoms with van der Waals surface area (Å²) in [5, 5.41) is 4.67. The summed E-state index contributed by atoms with van der Waals surface area (Å²) in [7, 11) is 0. The fraction of sp³-hybridized carbons (Fsp3) is 0.611. The van der Waals surface area contributed by atoms with E-state index in [9.17, 15) is 0 Å². The minimum Gasteiger partial charge on any atom is -0.381 e. The SMILES string of the molecule is Cc1cc(C)c2c(N[C@@H]3CCOC4(CCOCC4)C3)ncnc2n1. The van der Waals surface area contributed by atoms with E-state index in [1.54, 1.807) is 6.33 Å². The van der Waals surface area contributed by atoms with Gasteiger partial charge in [-0.3, -0.25) is 0 Å². The monoisotopic (exact) mass is 328 g/mol. The minimum atomic E-state index is -0.0269. The molecule has 128 valence electrons. The van der Waals surface area contributed by atoms with E-state index in [0.29, 0.717) is 6.04 Å². The topological polar surface area (TPSA) is 69.2 Å². The standard InChI is InChI=1S/C18H24N4O2/c1-12-9-13(2)21-16-15(12)17(20-11-19-16)22-14-3-6-24-18(10-14)4-7-23-8-5-18/h9,11,14H,3-8,10H2,1-2H3,(H,19,20,21,22)/t14-/m1/s1. The number of aryl methyl sites for hydroxylation is 2. The van der Waals surface area contributed by atoms with Crippen LogP contribution in [0.3, 0.4) is 0 Å². The zero-order chi connectivity index (χ0) is 16.6. The van der Waals surface area contributed by atoms with Crippen molar-refractivity contribution in [3.05, 3.63) is 23.7 Å². The summed E-state index contributed by atoms with van der Waals surface area (Å²) in [6.45, 7) is 6.47. The van der Waals surface area contributed by atoms with Gasteiger partial charge in [-0.2, -0.15) is 0 Å². The molecule has 1 spiro atoms. The van der Waals surface area contributed by atoms with Gasteiger partial charge in [-0.05, 0) is 51.2 Å². The van der Waals surface area contributed by atoms with Gasteiger partial charge in [0.1, 0.15) is 12.1 Å². The average Bonchev–Trinajstić information content (AvgIpc) is 2.55. The summed E-state index contributed by atoms with van der Waals surface area (Å²) in [5.74, 6) is 0.888. The van der Waals surface area contributed by atoms with Crippen LogP contribution in [0.5, 0.6) is 0 Å². The highest BCUT2D eigenvalue weighted by atomic mass is 16.5. The Balaban J connectivity index is 1.60. The normalized spacial score (nSPS) is 23.5. The van der Waals surface area contributed by atoms with Gasteiger partial charge >= 0.3 is 0 Å². The van der Waals surface area contributed by atoms with Crippen molar-refractivity contribution in [2.75, 3.05) is 25.1 Å². The molecule has 2 saturated heterocycles. The fourth-order valence-electron chi connectivity index (χ4n) is 3.95. The molecule has 0 amide bonds. The number of pyridine rings is 1. The number of aromatic nitrogens is 3. The molecule has 0 radical (unpaired) electrons. The van der Waals surface area contributed by atoms with Gasteiger partial charge in [0.15, 0.2) is 5.65 Å². The van der Waals surface area contributed by atoms with Gasteiger partial charge in [0.2, 0.25) is 0 Å². The molecule has 2 aliphatic heterocycles. The molecular weight excluding hydrogens is 304 g/mol. The molecule has 6 heteroatoms. The Labute approximate surface area is 142 Å². The Bertz CT molecular complexity index is 738. The predicted molar refractivity (Wildman–Crippen MR) is 92.2 cm³/mol. The molecule has 2 aliphatic rings. The zero-order valence-electron chi connectivity index (χ0n) is 14.3. The number of nitrogens with zero attached hydrogens (tertiary/aromatic N) is 3. The van der Waals surface area contributed by atoms with Crippen LogP contribution in [-0.2, 0) is 9.47 Å². The van der Waals surface area contributed by atoms with E-state index in [1.165, 1.54) is 0 Å². The number of nitrogens with one attached hydrogen (secondary N) is 1. The maximum absolute atomic E-state index is 6.14. The van der Waals surface area contributed by atoms with Crippen LogP contribution in [0.4, 0.5) is 5.82 Å². The second-order valence-corrected chi connectivity index (χ2v) is 6.98. The first-order valence-corrected chi connectivity index (χ1v) is 8.72. The molecule has 0 bridgehead atoms. The van der Waals surface area contributed by atoms with Crippen molar-refractivity contribution in [2.24, 2.45) is 0 Å². The Morgan fingerprint density at radius 2 is 2.00 bits per heavy atom. The third kappa shape index (κ3) is 2.96. The van der Waals surface area contributed by atoms with Crippen LogP contribution >= 0.6 is 0 Å². The molecule has 0 unspecified atom stereocenters. The van der Waals surface area contributed by atoms with Gasteiger partial charge in [-0.15, -0.1) is 0 Å². The third-order valence-corrected chi connectivity index (χ3v) is 5.17. The second-order valence-electron chi connectivity index (χ2n) is 6.98.